The van der Waals surface area contributed by atoms with Crippen molar-refractivity contribution < 1.29 is 28.7 Å². The monoisotopic (exact) mass is 546 g/mol. The first-order chi connectivity index (χ1) is 19.2. The third-order valence-corrected chi connectivity index (χ3v) is 6.99. The molecule has 3 aromatic rings. The Labute approximate surface area is 232 Å². The summed E-state index contributed by atoms with van der Waals surface area (Å²) < 4.78 is 5.37. The molecule has 1 fully saturated rings. The lowest BCUT2D eigenvalue weighted by Crippen LogP contribution is -2.53. The summed E-state index contributed by atoms with van der Waals surface area (Å²) in [5, 5.41) is 8.90. The van der Waals surface area contributed by atoms with E-state index in [1.54, 1.807) is 43.5 Å². The SMILES string of the molecule is COc1cccc2[nH]c(C(=O)N[C@@H](CC(C)C)C(=O)N[C@@H](C[C@@H]3CCNC3=O)C(=O)C(=O)c3ccccc3)cc12. The highest BCUT2D eigenvalue weighted by atomic mass is 16.5. The number of fused-ring (bicyclic) bond motifs is 1. The summed E-state index contributed by atoms with van der Waals surface area (Å²) >= 11 is 0. The zero-order valence-electron chi connectivity index (χ0n) is 22.8. The van der Waals surface area contributed by atoms with E-state index in [1.807, 2.05) is 19.9 Å². The average molecular weight is 547 g/mol. The number of nitrogens with one attached hydrogen (secondary N) is 4. The summed E-state index contributed by atoms with van der Waals surface area (Å²) in [6.07, 6.45) is 0.770. The number of carbonyl (C=O) groups is 5. The molecular weight excluding hydrogens is 512 g/mol. The number of aromatic amines is 1. The second-order valence-corrected chi connectivity index (χ2v) is 10.4. The third-order valence-electron chi connectivity index (χ3n) is 6.99. The Hall–Kier alpha value is -4.47. The summed E-state index contributed by atoms with van der Waals surface area (Å²) in [5.41, 5.74) is 1.15. The van der Waals surface area contributed by atoms with Gasteiger partial charge in [0, 0.05) is 28.9 Å². The van der Waals surface area contributed by atoms with E-state index in [4.69, 9.17) is 4.74 Å². The highest BCUT2D eigenvalue weighted by molar-refractivity contribution is 6.45. The van der Waals surface area contributed by atoms with Crippen LogP contribution in [0.1, 0.15) is 54.0 Å². The molecule has 0 radical (unpaired) electrons. The van der Waals surface area contributed by atoms with Crippen LogP contribution in [0.25, 0.3) is 10.9 Å². The molecule has 1 saturated heterocycles. The predicted molar refractivity (Wildman–Crippen MR) is 149 cm³/mol. The lowest BCUT2D eigenvalue weighted by atomic mass is 9.92. The number of Topliss-reactive ketones (excluding diaryl/α,β-unsaturated/α-hetero) is 2. The highest BCUT2D eigenvalue weighted by Gasteiger charge is 2.36. The van der Waals surface area contributed by atoms with Crippen molar-refractivity contribution in [1.29, 1.82) is 0 Å². The van der Waals surface area contributed by atoms with Crippen LogP contribution in [0.15, 0.2) is 54.6 Å². The average Bonchev–Trinajstić information content (AvgIpc) is 3.57. The summed E-state index contributed by atoms with van der Waals surface area (Å²) in [5.74, 6) is -2.77. The number of rotatable bonds is 12. The first-order valence-corrected chi connectivity index (χ1v) is 13.4. The molecule has 0 saturated carbocycles. The summed E-state index contributed by atoms with van der Waals surface area (Å²) in [7, 11) is 1.54. The van der Waals surface area contributed by atoms with E-state index in [1.165, 1.54) is 12.1 Å². The maximum Gasteiger partial charge on any atom is 0.268 e. The van der Waals surface area contributed by atoms with Crippen LogP contribution in [0, 0.1) is 11.8 Å². The number of hydrogen-bond donors (Lipinski definition) is 4. The second kappa shape index (κ2) is 12.6. The summed E-state index contributed by atoms with van der Waals surface area (Å²) in [6, 6.07) is 12.9. The summed E-state index contributed by atoms with van der Waals surface area (Å²) in [4.78, 5) is 68.4. The first kappa shape index (κ1) is 28.5. The van der Waals surface area contributed by atoms with Gasteiger partial charge in [0.25, 0.3) is 5.91 Å². The van der Waals surface area contributed by atoms with Crippen molar-refractivity contribution in [3.8, 4) is 5.75 Å². The molecule has 10 nitrogen and oxygen atoms in total. The zero-order chi connectivity index (χ0) is 28.8. The quantitative estimate of drug-likeness (QED) is 0.203. The van der Waals surface area contributed by atoms with Crippen LogP contribution < -0.4 is 20.7 Å². The summed E-state index contributed by atoms with van der Waals surface area (Å²) in [6.45, 7) is 4.28. The Kier molecular flexibility index (Phi) is 8.98. The molecule has 1 aliphatic heterocycles. The number of ketones is 2. The van der Waals surface area contributed by atoms with E-state index in [9.17, 15) is 24.0 Å². The van der Waals surface area contributed by atoms with Crippen LogP contribution >= 0.6 is 0 Å². The minimum atomic E-state index is -1.22. The molecule has 3 atom stereocenters. The molecule has 4 N–H and O–H groups in total. The largest absolute Gasteiger partial charge is 0.496 e. The molecule has 1 aliphatic rings. The minimum Gasteiger partial charge on any atom is -0.496 e. The van der Waals surface area contributed by atoms with Gasteiger partial charge in [0.15, 0.2) is 0 Å². The van der Waals surface area contributed by atoms with Crippen molar-refractivity contribution in [2.45, 2.75) is 45.2 Å². The van der Waals surface area contributed by atoms with Crippen molar-refractivity contribution in [3.05, 3.63) is 65.9 Å². The predicted octanol–water partition coefficient (Wildman–Crippen LogP) is 2.78. The number of aromatic nitrogens is 1. The van der Waals surface area contributed by atoms with E-state index in [-0.39, 0.29) is 29.5 Å². The van der Waals surface area contributed by atoms with E-state index >= 15 is 0 Å². The number of carbonyl (C=O) groups excluding carboxylic acids is 5. The fourth-order valence-electron chi connectivity index (χ4n) is 4.91. The molecule has 1 aromatic heterocycles. The highest BCUT2D eigenvalue weighted by Crippen LogP contribution is 2.26. The van der Waals surface area contributed by atoms with Crippen LogP contribution in [0.5, 0.6) is 5.75 Å². The lowest BCUT2D eigenvalue weighted by Gasteiger charge is -2.24. The van der Waals surface area contributed by atoms with E-state index < -0.39 is 41.4 Å². The van der Waals surface area contributed by atoms with Gasteiger partial charge in [-0.1, -0.05) is 50.2 Å². The number of methoxy groups -OCH3 is 1. The van der Waals surface area contributed by atoms with Gasteiger partial charge in [-0.05, 0) is 43.4 Å². The number of amides is 3. The molecule has 210 valence electrons. The maximum atomic E-state index is 13.5. The molecule has 2 aromatic carbocycles. The molecule has 40 heavy (non-hydrogen) atoms. The number of hydrogen-bond acceptors (Lipinski definition) is 6. The zero-order valence-corrected chi connectivity index (χ0v) is 22.8. The molecule has 4 rings (SSSR count). The Morgan fingerprint density at radius 2 is 1.75 bits per heavy atom. The number of H-pyrrole nitrogens is 1. The lowest BCUT2D eigenvalue weighted by molar-refractivity contribution is -0.129. The van der Waals surface area contributed by atoms with Gasteiger partial charge in [-0.25, -0.2) is 0 Å². The molecule has 0 bridgehead atoms. The van der Waals surface area contributed by atoms with Crippen LogP contribution in [-0.4, -0.2) is 60.0 Å². The smallest absolute Gasteiger partial charge is 0.268 e. The standard InChI is InChI=1S/C30H34N4O6/c1-17(2)14-23(34-30(39)24-16-20-21(32-24)10-7-11-25(20)40-3)29(38)33-22(15-19-12-13-31-28(19)37)27(36)26(35)18-8-5-4-6-9-18/h4-11,16-17,19,22-23,32H,12-15H2,1-3H3,(H,31,37)(H,33,38)(H,34,39)/t19-,22-,23-/m0/s1. The minimum absolute atomic E-state index is 0.0147. The number of ether oxygens (including phenoxy) is 1. The normalized spacial score (nSPS) is 16.3. The fourth-order valence-corrected chi connectivity index (χ4v) is 4.91. The molecule has 10 heteroatoms. The second-order valence-electron chi connectivity index (χ2n) is 10.4. The topological polar surface area (TPSA) is 146 Å². The Balaban J connectivity index is 1.55. The van der Waals surface area contributed by atoms with E-state index in [2.05, 4.69) is 20.9 Å². The molecule has 0 aliphatic carbocycles. The van der Waals surface area contributed by atoms with Gasteiger partial charge in [0.2, 0.25) is 23.4 Å². The van der Waals surface area contributed by atoms with Gasteiger partial charge in [-0.15, -0.1) is 0 Å². The van der Waals surface area contributed by atoms with Gasteiger partial charge in [0.1, 0.15) is 17.5 Å². The van der Waals surface area contributed by atoms with Gasteiger partial charge in [-0.3, -0.25) is 24.0 Å². The maximum absolute atomic E-state index is 13.5. The van der Waals surface area contributed by atoms with Crippen LogP contribution in [0.3, 0.4) is 0 Å². The Morgan fingerprint density at radius 3 is 2.40 bits per heavy atom. The van der Waals surface area contributed by atoms with Crippen molar-refractivity contribution in [2.75, 3.05) is 13.7 Å². The van der Waals surface area contributed by atoms with Crippen molar-refractivity contribution >= 4 is 40.2 Å². The fraction of sp³-hybridized carbons (Fsp3) is 0.367. The van der Waals surface area contributed by atoms with Gasteiger partial charge >= 0.3 is 0 Å². The van der Waals surface area contributed by atoms with Crippen molar-refractivity contribution in [1.82, 2.24) is 20.9 Å². The van der Waals surface area contributed by atoms with E-state index in [0.29, 0.717) is 30.7 Å². The Bertz CT molecular complexity index is 1410. The third kappa shape index (κ3) is 6.56. The molecule has 0 spiro atoms. The molecule has 3 amide bonds. The van der Waals surface area contributed by atoms with Crippen LogP contribution in [-0.2, 0) is 14.4 Å². The first-order valence-electron chi connectivity index (χ1n) is 13.4. The Morgan fingerprint density at radius 1 is 1.00 bits per heavy atom. The van der Waals surface area contributed by atoms with Gasteiger partial charge in [-0.2, -0.15) is 0 Å². The van der Waals surface area contributed by atoms with Gasteiger partial charge < -0.3 is 25.7 Å². The molecule has 2 heterocycles. The van der Waals surface area contributed by atoms with E-state index in [0.717, 1.165) is 5.39 Å². The van der Waals surface area contributed by atoms with Crippen LogP contribution in [0.4, 0.5) is 0 Å². The van der Waals surface area contributed by atoms with Crippen molar-refractivity contribution in [2.24, 2.45) is 11.8 Å². The van der Waals surface area contributed by atoms with Crippen molar-refractivity contribution in [3.63, 3.8) is 0 Å². The van der Waals surface area contributed by atoms with Crippen LogP contribution in [0.2, 0.25) is 0 Å². The molecular formula is C30H34N4O6. The molecule has 0 unspecified atom stereocenters. The van der Waals surface area contributed by atoms with Gasteiger partial charge in [0.05, 0.1) is 13.2 Å². The number of benzene rings is 2.